The third-order valence-electron chi connectivity index (χ3n) is 2.52. The zero-order valence-electron chi connectivity index (χ0n) is 10.2. The van der Waals surface area contributed by atoms with E-state index >= 15 is 0 Å². The minimum Gasteiger partial charge on any atom is -0.369 e. The summed E-state index contributed by atoms with van der Waals surface area (Å²) in [4.78, 5) is 8.86. The predicted octanol–water partition coefficient (Wildman–Crippen LogP) is 4.41. The summed E-state index contributed by atoms with van der Waals surface area (Å²) >= 11 is 6.96. The maximum absolute atomic E-state index is 4.51. The zero-order valence-corrected chi connectivity index (χ0v) is 13.3. The summed E-state index contributed by atoms with van der Waals surface area (Å²) in [6.45, 7) is 4.92. The quantitative estimate of drug-likeness (QED) is 0.869. The number of hydrogen-bond donors (Lipinski definition) is 1. The second-order valence-electron chi connectivity index (χ2n) is 3.88. The van der Waals surface area contributed by atoms with Gasteiger partial charge < -0.3 is 5.32 Å². The molecule has 0 radical (unpaired) electrons. The first-order valence-corrected chi connectivity index (χ1v) is 7.23. The molecule has 1 aromatic carbocycles. The molecule has 2 aromatic rings. The maximum Gasteiger partial charge on any atom is 0.161 e. The third kappa shape index (κ3) is 2.90. The number of hydrogen-bond acceptors (Lipinski definition) is 3. The number of halogens is 2. The van der Waals surface area contributed by atoms with Gasteiger partial charge in [0.2, 0.25) is 0 Å². The molecule has 94 valence electrons. The van der Waals surface area contributed by atoms with Gasteiger partial charge in [-0.15, -0.1) is 0 Å². The lowest BCUT2D eigenvalue weighted by Gasteiger charge is -2.08. The number of nitrogens with zero attached hydrogens (tertiary/aromatic N) is 2. The predicted molar refractivity (Wildman–Crippen MR) is 81.8 cm³/mol. The molecular formula is C13H13Br2N3. The second-order valence-corrected chi connectivity index (χ2v) is 5.59. The SMILES string of the molecule is CCNc1nc(-c2ccc(C)c(Br)c2)ncc1Br. The molecule has 0 aliphatic heterocycles. The Kier molecular flexibility index (Phi) is 4.35. The molecule has 0 unspecified atom stereocenters. The molecule has 0 saturated heterocycles. The first kappa shape index (κ1) is 13.5. The molecule has 0 saturated carbocycles. The van der Waals surface area contributed by atoms with Crippen LogP contribution in [0, 0.1) is 6.92 Å². The van der Waals surface area contributed by atoms with Crippen LogP contribution in [0.5, 0.6) is 0 Å². The summed E-state index contributed by atoms with van der Waals surface area (Å²) in [6.07, 6.45) is 1.77. The smallest absolute Gasteiger partial charge is 0.161 e. The molecule has 0 bridgehead atoms. The van der Waals surface area contributed by atoms with Crippen LogP contribution in [0.1, 0.15) is 12.5 Å². The fourth-order valence-electron chi connectivity index (χ4n) is 1.53. The number of benzene rings is 1. The van der Waals surface area contributed by atoms with Crippen LogP contribution < -0.4 is 5.32 Å². The first-order valence-electron chi connectivity index (χ1n) is 5.64. The highest BCUT2D eigenvalue weighted by atomic mass is 79.9. The Morgan fingerprint density at radius 3 is 2.67 bits per heavy atom. The minimum atomic E-state index is 0.717. The van der Waals surface area contributed by atoms with Gasteiger partial charge in [-0.25, -0.2) is 9.97 Å². The lowest BCUT2D eigenvalue weighted by atomic mass is 10.1. The first-order chi connectivity index (χ1) is 8.61. The van der Waals surface area contributed by atoms with Gasteiger partial charge >= 0.3 is 0 Å². The second kappa shape index (κ2) is 5.80. The lowest BCUT2D eigenvalue weighted by Crippen LogP contribution is -2.02. The van der Waals surface area contributed by atoms with E-state index in [1.807, 2.05) is 19.1 Å². The molecule has 2 rings (SSSR count). The van der Waals surface area contributed by atoms with Gasteiger partial charge in [-0.05, 0) is 41.4 Å². The summed E-state index contributed by atoms with van der Waals surface area (Å²) in [5.41, 5.74) is 2.20. The fraction of sp³-hybridized carbons (Fsp3) is 0.231. The molecule has 5 heteroatoms. The van der Waals surface area contributed by atoms with E-state index in [1.54, 1.807) is 6.20 Å². The molecule has 3 nitrogen and oxygen atoms in total. The van der Waals surface area contributed by atoms with Gasteiger partial charge in [0, 0.05) is 22.8 Å². The van der Waals surface area contributed by atoms with Crippen molar-refractivity contribution < 1.29 is 0 Å². The molecule has 1 N–H and O–H groups in total. The Hall–Kier alpha value is -0.940. The summed E-state index contributed by atoms with van der Waals surface area (Å²) < 4.78 is 1.94. The normalized spacial score (nSPS) is 10.4. The van der Waals surface area contributed by atoms with Crippen molar-refractivity contribution in [1.29, 1.82) is 0 Å². The van der Waals surface area contributed by atoms with Crippen LogP contribution in [0.2, 0.25) is 0 Å². The topological polar surface area (TPSA) is 37.8 Å². The Morgan fingerprint density at radius 1 is 1.22 bits per heavy atom. The van der Waals surface area contributed by atoms with Crippen LogP contribution in [0.15, 0.2) is 33.3 Å². The average molecular weight is 371 g/mol. The fourth-order valence-corrected chi connectivity index (χ4v) is 2.24. The van der Waals surface area contributed by atoms with Gasteiger partial charge in [-0.1, -0.05) is 28.1 Å². The molecule has 0 amide bonds. The number of rotatable bonds is 3. The summed E-state index contributed by atoms with van der Waals surface area (Å²) in [5, 5.41) is 3.20. The molecular weight excluding hydrogens is 358 g/mol. The summed E-state index contributed by atoms with van der Waals surface area (Å²) in [5.74, 6) is 1.54. The minimum absolute atomic E-state index is 0.717. The van der Waals surface area contributed by atoms with E-state index in [9.17, 15) is 0 Å². The number of aryl methyl sites for hydroxylation is 1. The molecule has 0 aliphatic carbocycles. The largest absolute Gasteiger partial charge is 0.369 e. The summed E-state index contributed by atoms with van der Waals surface area (Å²) in [6, 6.07) is 6.12. The van der Waals surface area contributed by atoms with Gasteiger partial charge in [0.05, 0.1) is 4.47 Å². The Labute approximate surface area is 123 Å². The monoisotopic (exact) mass is 369 g/mol. The third-order valence-corrected chi connectivity index (χ3v) is 3.95. The molecule has 1 aromatic heterocycles. The highest BCUT2D eigenvalue weighted by Crippen LogP contribution is 2.26. The van der Waals surface area contributed by atoms with Crippen LogP contribution in [-0.2, 0) is 0 Å². The maximum atomic E-state index is 4.51. The van der Waals surface area contributed by atoms with Crippen molar-refractivity contribution in [2.24, 2.45) is 0 Å². The van der Waals surface area contributed by atoms with Crippen LogP contribution in [0.4, 0.5) is 5.82 Å². The van der Waals surface area contributed by atoms with Gasteiger partial charge in [0.25, 0.3) is 0 Å². The van der Waals surface area contributed by atoms with E-state index in [-0.39, 0.29) is 0 Å². The van der Waals surface area contributed by atoms with Crippen molar-refractivity contribution in [3.8, 4) is 11.4 Å². The van der Waals surface area contributed by atoms with Crippen LogP contribution >= 0.6 is 31.9 Å². The van der Waals surface area contributed by atoms with Crippen molar-refractivity contribution in [3.05, 3.63) is 38.9 Å². The van der Waals surface area contributed by atoms with E-state index < -0.39 is 0 Å². The van der Waals surface area contributed by atoms with Crippen molar-refractivity contribution in [1.82, 2.24) is 9.97 Å². The lowest BCUT2D eigenvalue weighted by molar-refractivity contribution is 1.10. The molecule has 0 atom stereocenters. The van der Waals surface area contributed by atoms with Crippen molar-refractivity contribution in [2.45, 2.75) is 13.8 Å². The standard InChI is InChI=1S/C13H13Br2N3/c1-3-16-13-11(15)7-17-12(18-13)9-5-4-8(2)10(14)6-9/h4-7H,3H2,1-2H3,(H,16,17,18). The van der Waals surface area contributed by atoms with Crippen LogP contribution in [-0.4, -0.2) is 16.5 Å². The Morgan fingerprint density at radius 2 is 2.00 bits per heavy atom. The summed E-state index contributed by atoms with van der Waals surface area (Å²) in [7, 11) is 0. The highest BCUT2D eigenvalue weighted by molar-refractivity contribution is 9.10. The van der Waals surface area contributed by atoms with Crippen LogP contribution in [0.3, 0.4) is 0 Å². The van der Waals surface area contributed by atoms with Gasteiger partial charge in [-0.3, -0.25) is 0 Å². The van der Waals surface area contributed by atoms with E-state index in [4.69, 9.17) is 0 Å². The Balaban J connectivity index is 2.44. The van der Waals surface area contributed by atoms with E-state index in [1.165, 1.54) is 5.56 Å². The Bertz CT molecular complexity index is 570. The number of nitrogens with one attached hydrogen (secondary N) is 1. The van der Waals surface area contributed by atoms with E-state index in [2.05, 4.69) is 60.1 Å². The van der Waals surface area contributed by atoms with Crippen molar-refractivity contribution >= 4 is 37.7 Å². The molecule has 18 heavy (non-hydrogen) atoms. The van der Waals surface area contributed by atoms with E-state index in [0.717, 1.165) is 32.7 Å². The number of aromatic nitrogens is 2. The van der Waals surface area contributed by atoms with Gasteiger partial charge in [0.1, 0.15) is 5.82 Å². The van der Waals surface area contributed by atoms with Crippen molar-refractivity contribution in [2.75, 3.05) is 11.9 Å². The van der Waals surface area contributed by atoms with Crippen molar-refractivity contribution in [3.63, 3.8) is 0 Å². The van der Waals surface area contributed by atoms with Crippen LogP contribution in [0.25, 0.3) is 11.4 Å². The molecule has 0 fully saturated rings. The number of anilines is 1. The molecule has 0 aliphatic rings. The molecule has 1 heterocycles. The molecule has 0 spiro atoms. The van der Waals surface area contributed by atoms with E-state index in [0.29, 0.717) is 0 Å². The van der Waals surface area contributed by atoms with Gasteiger partial charge in [0.15, 0.2) is 5.82 Å². The zero-order chi connectivity index (χ0) is 13.1. The van der Waals surface area contributed by atoms with Gasteiger partial charge in [-0.2, -0.15) is 0 Å². The highest BCUT2D eigenvalue weighted by Gasteiger charge is 2.07. The average Bonchev–Trinajstić information content (AvgIpc) is 2.36.